The van der Waals surface area contributed by atoms with Crippen molar-refractivity contribution in [2.24, 2.45) is 0 Å². The second kappa shape index (κ2) is 2.82. The molecule has 0 aliphatic carbocycles. The van der Waals surface area contributed by atoms with E-state index in [0.717, 1.165) is 0 Å². The molecule has 2 N–H and O–H groups in total. The van der Waals surface area contributed by atoms with Crippen LogP contribution in [0.2, 0.25) is 0 Å². The van der Waals surface area contributed by atoms with E-state index < -0.39 is 9.84 Å². The molecule has 0 radical (unpaired) electrons. The summed E-state index contributed by atoms with van der Waals surface area (Å²) in [5.74, 6) is 0. The molecule has 1 aliphatic rings. The van der Waals surface area contributed by atoms with Crippen LogP contribution in [0.25, 0.3) is 17.0 Å². The fraction of sp³-hybridized carbons (Fsp3) is 0. The summed E-state index contributed by atoms with van der Waals surface area (Å²) in [6.07, 6.45) is 3.18. The molecule has 1 aromatic carbocycles. The van der Waals surface area contributed by atoms with Gasteiger partial charge in [-0.3, -0.25) is 4.98 Å². The molecule has 5 heteroatoms. The van der Waals surface area contributed by atoms with Crippen LogP contribution in [0.1, 0.15) is 5.56 Å². The van der Waals surface area contributed by atoms with Crippen molar-refractivity contribution in [3.8, 4) is 0 Å². The highest BCUT2D eigenvalue weighted by molar-refractivity contribution is 7.94. The van der Waals surface area contributed by atoms with E-state index in [1.807, 2.05) is 0 Å². The van der Waals surface area contributed by atoms with Crippen LogP contribution in [0.3, 0.4) is 0 Å². The van der Waals surface area contributed by atoms with E-state index in [0.29, 0.717) is 27.0 Å². The van der Waals surface area contributed by atoms with E-state index in [1.165, 1.54) is 5.41 Å². The summed E-state index contributed by atoms with van der Waals surface area (Å²) >= 11 is 0. The summed E-state index contributed by atoms with van der Waals surface area (Å²) < 4.78 is 23.3. The number of aromatic nitrogens is 1. The molecule has 1 aromatic heterocycles. The summed E-state index contributed by atoms with van der Waals surface area (Å²) in [7, 11) is -3.28. The van der Waals surface area contributed by atoms with Crippen molar-refractivity contribution in [3.05, 3.63) is 35.4 Å². The fourth-order valence-electron chi connectivity index (χ4n) is 1.93. The van der Waals surface area contributed by atoms with Crippen LogP contribution in [-0.2, 0) is 9.84 Å². The number of nitrogens with two attached hydrogens (primary N) is 1. The number of nitrogen functional groups attached to an aromatic ring is 1. The highest BCUT2D eigenvalue weighted by atomic mass is 32.2. The van der Waals surface area contributed by atoms with E-state index in [-0.39, 0.29) is 0 Å². The lowest BCUT2D eigenvalue weighted by Crippen LogP contribution is -1.96. The van der Waals surface area contributed by atoms with Gasteiger partial charge in [0.25, 0.3) is 0 Å². The largest absolute Gasteiger partial charge is 0.398 e. The normalized spacial score (nSPS) is 16.5. The van der Waals surface area contributed by atoms with Gasteiger partial charge in [0.15, 0.2) is 9.84 Å². The Morgan fingerprint density at radius 1 is 1.19 bits per heavy atom. The Balaban J connectivity index is 2.57. The second-order valence-electron chi connectivity index (χ2n) is 3.62. The maximum Gasteiger partial charge on any atom is 0.200 e. The van der Waals surface area contributed by atoms with E-state index in [4.69, 9.17) is 5.73 Å². The molecule has 3 rings (SSSR count). The molecule has 0 fully saturated rings. The number of fused-ring (bicyclic) bond motifs is 3. The highest BCUT2D eigenvalue weighted by Crippen LogP contribution is 2.34. The van der Waals surface area contributed by atoms with Crippen LogP contribution in [0.15, 0.2) is 34.7 Å². The van der Waals surface area contributed by atoms with Gasteiger partial charge < -0.3 is 5.73 Å². The number of anilines is 1. The third kappa shape index (κ3) is 1.09. The van der Waals surface area contributed by atoms with Crippen LogP contribution in [0.5, 0.6) is 0 Å². The molecular weight excluding hydrogens is 224 g/mol. The van der Waals surface area contributed by atoms with Crippen molar-refractivity contribution < 1.29 is 8.42 Å². The Morgan fingerprint density at radius 3 is 2.81 bits per heavy atom. The lowest BCUT2D eigenvalue weighted by Gasteiger charge is -2.05. The summed E-state index contributed by atoms with van der Waals surface area (Å²) in [5.41, 5.74) is 7.74. The minimum absolute atomic E-state index is 0.305. The Morgan fingerprint density at radius 2 is 2.00 bits per heavy atom. The van der Waals surface area contributed by atoms with Crippen molar-refractivity contribution in [1.29, 1.82) is 0 Å². The number of benzene rings is 1. The summed E-state index contributed by atoms with van der Waals surface area (Å²) in [6, 6.07) is 4.91. The number of hydrogen-bond acceptors (Lipinski definition) is 4. The van der Waals surface area contributed by atoms with E-state index in [1.54, 1.807) is 30.5 Å². The number of pyridine rings is 1. The maximum atomic E-state index is 11.7. The smallest absolute Gasteiger partial charge is 0.200 e. The third-order valence-electron chi connectivity index (χ3n) is 2.66. The number of rotatable bonds is 0. The zero-order valence-electron chi connectivity index (χ0n) is 8.21. The molecule has 0 unspecified atom stereocenters. The lowest BCUT2D eigenvalue weighted by molar-refractivity contribution is 0.605. The molecule has 0 saturated heterocycles. The molecule has 2 heterocycles. The Kier molecular flexibility index (Phi) is 1.65. The predicted molar refractivity (Wildman–Crippen MR) is 62.4 cm³/mol. The van der Waals surface area contributed by atoms with Gasteiger partial charge in [-0.15, -0.1) is 0 Å². The molecule has 4 nitrogen and oxygen atoms in total. The van der Waals surface area contributed by atoms with Crippen LogP contribution in [-0.4, -0.2) is 13.4 Å². The number of sulfone groups is 1. The minimum Gasteiger partial charge on any atom is -0.398 e. The van der Waals surface area contributed by atoms with Crippen molar-refractivity contribution in [3.63, 3.8) is 0 Å². The first-order chi connectivity index (χ1) is 7.59. The Hall–Kier alpha value is -1.88. The van der Waals surface area contributed by atoms with E-state index >= 15 is 0 Å². The quantitative estimate of drug-likeness (QED) is 0.748. The standard InChI is InChI=1S/C11H8N2O2S/c12-8-3-5-13-9-1-2-10-7(11(8)9)4-6-16(10,14)15/h1-6H,(H2,12,13). The lowest BCUT2D eigenvalue weighted by atomic mass is 10.1. The number of hydrogen-bond donors (Lipinski definition) is 1. The molecule has 0 saturated carbocycles. The van der Waals surface area contributed by atoms with Gasteiger partial charge in [0.2, 0.25) is 0 Å². The first-order valence-electron chi connectivity index (χ1n) is 4.70. The van der Waals surface area contributed by atoms with Crippen LogP contribution >= 0.6 is 0 Å². The van der Waals surface area contributed by atoms with Gasteiger partial charge in [-0.05, 0) is 24.3 Å². The average Bonchev–Trinajstić information content (AvgIpc) is 2.55. The molecule has 0 bridgehead atoms. The van der Waals surface area contributed by atoms with Crippen LogP contribution in [0.4, 0.5) is 5.69 Å². The molecule has 16 heavy (non-hydrogen) atoms. The topological polar surface area (TPSA) is 73.0 Å². The molecular formula is C11H8N2O2S. The van der Waals surface area contributed by atoms with Crippen molar-refractivity contribution >= 4 is 32.5 Å². The van der Waals surface area contributed by atoms with Gasteiger partial charge in [-0.1, -0.05) is 0 Å². The number of nitrogens with zero attached hydrogens (tertiary/aromatic N) is 1. The maximum absolute atomic E-state index is 11.7. The van der Waals surface area contributed by atoms with E-state index in [2.05, 4.69) is 4.98 Å². The Labute approximate surface area is 92.3 Å². The first kappa shape index (κ1) is 9.35. The average molecular weight is 232 g/mol. The summed E-state index contributed by atoms with van der Waals surface area (Å²) in [4.78, 5) is 4.46. The first-order valence-corrected chi connectivity index (χ1v) is 6.24. The molecule has 0 atom stereocenters. The van der Waals surface area contributed by atoms with Crippen molar-refractivity contribution in [2.45, 2.75) is 4.90 Å². The van der Waals surface area contributed by atoms with Gasteiger partial charge in [0, 0.05) is 28.2 Å². The molecule has 0 spiro atoms. The van der Waals surface area contributed by atoms with Crippen LogP contribution < -0.4 is 5.73 Å². The minimum atomic E-state index is -3.28. The predicted octanol–water partition coefficient (Wildman–Crippen LogP) is 1.57. The summed E-state index contributed by atoms with van der Waals surface area (Å²) in [6.45, 7) is 0. The van der Waals surface area contributed by atoms with Crippen molar-refractivity contribution in [2.75, 3.05) is 5.73 Å². The van der Waals surface area contributed by atoms with Gasteiger partial charge in [-0.25, -0.2) is 8.42 Å². The third-order valence-corrected chi connectivity index (χ3v) is 4.12. The van der Waals surface area contributed by atoms with Crippen LogP contribution in [0, 0.1) is 0 Å². The van der Waals surface area contributed by atoms with E-state index in [9.17, 15) is 8.42 Å². The van der Waals surface area contributed by atoms with Gasteiger partial charge in [0.05, 0.1) is 10.4 Å². The Bertz CT molecular complexity index is 733. The van der Waals surface area contributed by atoms with Gasteiger partial charge in [-0.2, -0.15) is 0 Å². The van der Waals surface area contributed by atoms with Gasteiger partial charge in [0.1, 0.15) is 0 Å². The van der Waals surface area contributed by atoms with Gasteiger partial charge >= 0.3 is 0 Å². The summed E-state index contributed by atoms with van der Waals surface area (Å²) in [5, 5.41) is 1.90. The zero-order valence-corrected chi connectivity index (χ0v) is 9.03. The SMILES string of the molecule is Nc1ccnc2ccc3c(c12)C=CS3(=O)=O. The molecule has 1 aliphatic heterocycles. The highest BCUT2D eigenvalue weighted by Gasteiger charge is 2.23. The molecule has 80 valence electrons. The second-order valence-corrected chi connectivity index (χ2v) is 5.42. The molecule has 2 aromatic rings. The van der Waals surface area contributed by atoms with Crippen molar-refractivity contribution in [1.82, 2.24) is 4.98 Å². The fourth-order valence-corrected chi connectivity index (χ4v) is 3.12. The zero-order chi connectivity index (χ0) is 11.3. The monoisotopic (exact) mass is 232 g/mol. The molecule has 0 amide bonds.